The Hall–Kier alpha value is -0.870. The van der Waals surface area contributed by atoms with Crippen LogP contribution in [-0.2, 0) is 6.54 Å². The summed E-state index contributed by atoms with van der Waals surface area (Å²) in [6.45, 7) is 3.57. The Labute approximate surface area is 90.5 Å². The summed E-state index contributed by atoms with van der Waals surface area (Å²) in [5.74, 6) is 0. The van der Waals surface area contributed by atoms with Gasteiger partial charge in [0.05, 0.1) is 12.9 Å². The van der Waals surface area contributed by atoms with E-state index >= 15 is 0 Å². The number of likely N-dealkylation sites (tertiary alicyclic amines) is 1. The molecule has 0 spiro atoms. The van der Waals surface area contributed by atoms with E-state index in [1.54, 1.807) is 0 Å². The molecule has 2 heterocycles. The van der Waals surface area contributed by atoms with Gasteiger partial charge in [0.2, 0.25) is 0 Å². The van der Waals surface area contributed by atoms with E-state index in [1.807, 2.05) is 18.7 Å². The molecule has 2 rings (SSSR count). The van der Waals surface area contributed by atoms with Crippen LogP contribution in [0.3, 0.4) is 0 Å². The van der Waals surface area contributed by atoms with E-state index in [0.29, 0.717) is 12.6 Å². The Morgan fingerprint density at radius 2 is 2.33 bits per heavy atom. The molecular weight excluding hydrogens is 190 g/mol. The van der Waals surface area contributed by atoms with E-state index in [2.05, 4.69) is 14.5 Å². The lowest BCUT2D eigenvalue weighted by atomic mass is 10.2. The lowest BCUT2D eigenvalue weighted by molar-refractivity contribution is 0.156. The van der Waals surface area contributed by atoms with Crippen molar-refractivity contribution in [3.63, 3.8) is 0 Å². The number of rotatable bonds is 5. The minimum absolute atomic E-state index is 0.311. The first-order valence-electron chi connectivity index (χ1n) is 5.71. The predicted octanol–water partition coefficient (Wildman–Crippen LogP) is 0.730. The summed E-state index contributed by atoms with van der Waals surface area (Å²) in [6.07, 6.45) is 9.18. The number of aromatic nitrogens is 2. The predicted molar refractivity (Wildman–Crippen MR) is 58.5 cm³/mol. The second-order valence-electron chi connectivity index (χ2n) is 4.17. The molecule has 0 amide bonds. The molecule has 1 unspecified atom stereocenters. The first kappa shape index (κ1) is 10.6. The van der Waals surface area contributed by atoms with Crippen LogP contribution in [-0.4, -0.2) is 45.3 Å². The van der Waals surface area contributed by atoms with Crippen LogP contribution < -0.4 is 0 Å². The number of imidazole rings is 1. The van der Waals surface area contributed by atoms with Gasteiger partial charge < -0.3 is 9.67 Å². The highest BCUT2D eigenvalue weighted by molar-refractivity contribution is 4.79. The highest BCUT2D eigenvalue weighted by Gasteiger charge is 2.22. The number of nitrogens with zero attached hydrogens (tertiary/aromatic N) is 3. The van der Waals surface area contributed by atoms with Gasteiger partial charge in [0.1, 0.15) is 0 Å². The van der Waals surface area contributed by atoms with Crippen molar-refractivity contribution in [3.8, 4) is 0 Å². The van der Waals surface area contributed by atoms with Crippen LogP contribution in [0.25, 0.3) is 0 Å². The molecule has 15 heavy (non-hydrogen) atoms. The standard InChI is InChI=1S/C11H19N3O/c15-9-11-3-1-6-14(11)7-2-5-13-8-4-12-10-13/h4,8,10-11,15H,1-3,5-7,9H2. The Bertz CT molecular complexity index is 273. The quantitative estimate of drug-likeness (QED) is 0.777. The Morgan fingerprint density at radius 3 is 3.07 bits per heavy atom. The summed E-state index contributed by atoms with van der Waals surface area (Å²) in [4.78, 5) is 6.41. The molecule has 84 valence electrons. The minimum Gasteiger partial charge on any atom is -0.395 e. The van der Waals surface area contributed by atoms with Crippen molar-refractivity contribution in [1.82, 2.24) is 14.5 Å². The summed E-state index contributed by atoms with van der Waals surface area (Å²) >= 11 is 0. The van der Waals surface area contributed by atoms with Gasteiger partial charge in [0.15, 0.2) is 0 Å². The molecule has 0 bridgehead atoms. The molecular formula is C11H19N3O. The molecule has 0 aromatic carbocycles. The van der Waals surface area contributed by atoms with Gasteiger partial charge in [-0.15, -0.1) is 0 Å². The summed E-state index contributed by atoms with van der Waals surface area (Å²) < 4.78 is 2.10. The van der Waals surface area contributed by atoms with Crippen LogP contribution in [0.2, 0.25) is 0 Å². The lowest BCUT2D eigenvalue weighted by Crippen LogP contribution is -2.33. The molecule has 1 N–H and O–H groups in total. The van der Waals surface area contributed by atoms with Crippen molar-refractivity contribution in [2.45, 2.75) is 31.8 Å². The number of hydrogen-bond acceptors (Lipinski definition) is 3. The van der Waals surface area contributed by atoms with E-state index in [1.165, 1.54) is 6.42 Å². The van der Waals surface area contributed by atoms with Crippen LogP contribution in [0, 0.1) is 0 Å². The fourth-order valence-corrected chi connectivity index (χ4v) is 2.27. The second-order valence-corrected chi connectivity index (χ2v) is 4.17. The monoisotopic (exact) mass is 209 g/mol. The van der Waals surface area contributed by atoms with Crippen molar-refractivity contribution in [2.75, 3.05) is 19.7 Å². The van der Waals surface area contributed by atoms with Crippen molar-refractivity contribution >= 4 is 0 Å². The van der Waals surface area contributed by atoms with E-state index in [0.717, 1.165) is 32.5 Å². The second kappa shape index (κ2) is 5.28. The van der Waals surface area contributed by atoms with E-state index in [4.69, 9.17) is 5.11 Å². The summed E-state index contributed by atoms with van der Waals surface area (Å²) in [7, 11) is 0. The smallest absolute Gasteiger partial charge is 0.0945 e. The van der Waals surface area contributed by atoms with E-state index in [9.17, 15) is 0 Å². The maximum atomic E-state index is 9.16. The Balaban J connectivity index is 1.69. The van der Waals surface area contributed by atoms with Crippen molar-refractivity contribution in [2.24, 2.45) is 0 Å². The van der Waals surface area contributed by atoms with Crippen LogP contribution in [0.1, 0.15) is 19.3 Å². The topological polar surface area (TPSA) is 41.3 Å². The highest BCUT2D eigenvalue weighted by Crippen LogP contribution is 2.16. The Kier molecular flexibility index (Phi) is 3.75. The number of aliphatic hydroxyl groups is 1. The van der Waals surface area contributed by atoms with Crippen molar-refractivity contribution in [1.29, 1.82) is 0 Å². The summed E-state index contributed by atoms with van der Waals surface area (Å²) in [6, 6.07) is 0.410. The van der Waals surface area contributed by atoms with Crippen molar-refractivity contribution in [3.05, 3.63) is 18.7 Å². The fourth-order valence-electron chi connectivity index (χ4n) is 2.27. The van der Waals surface area contributed by atoms with Crippen LogP contribution in [0.5, 0.6) is 0 Å². The van der Waals surface area contributed by atoms with Gasteiger partial charge in [0.25, 0.3) is 0 Å². The largest absolute Gasteiger partial charge is 0.395 e. The van der Waals surface area contributed by atoms with Crippen LogP contribution in [0.4, 0.5) is 0 Å². The average Bonchev–Trinajstić information content (AvgIpc) is 2.88. The molecule has 1 aliphatic heterocycles. The molecule has 4 heteroatoms. The lowest BCUT2D eigenvalue weighted by Gasteiger charge is -2.22. The highest BCUT2D eigenvalue weighted by atomic mass is 16.3. The molecule has 1 aromatic heterocycles. The van der Waals surface area contributed by atoms with Gasteiger partial charge >= 0.3 is 0 Å². The SMILES string of the molecule is OCC1CCCN1CCCn1ccnc1. The number of aryl methyl sites for hydroxylation is 1. The maximum Gasteiger partial charge on any atom is 0.0945 e. The number of aliphatic hydroxyl groups excluding tert-OH is 1. The molecule has 0 aliphatic carbocycles. The van der Waals surface area contributed by atoms with Crippen molar-refractivity contribution < 1.29 is 5.11 Å². The molecule has 1 aliphatic rings. The van der Waals surface area contributed by atoms with Gasteiger partial charge in [-0.05, 0) is 25.8 Å². The molecule has 1 fully saturated rings. The average molecular weight is 209 g/mol. The molecule has 0 radical (unpaired) electrons. The van der Waals surface area contributed by atoms with Gasteiger partial charge in [-0.3, -0.25) is 4.90 Å². The normalized spacial score (nSPS) is 22.3. The third-order valence-electron chi connectivity index (χ3n) is 3.13. The first-order chi connectivity index (χ1) is 7.40. The summed E-state index contributed by atoms with van der Waals surface area (Å²) in [5.41, 5.74) is 0. The first-order valence-corrected chi connectivity index (χ1v) is 5.71. The zero-order valence-corrected chi connectivity index (χ0v) is 9.05. The minimum atomic E-state index is 0.311. The van der Waals surface area contributed by atoms with Crippen LogP contribution in [0.15, 0.2) is 18.7 Å². The zero-order chi connectivity index (χ0) is 10.5. The third kappa shape index (κ3) is 2.79. The summed E-state index contributed by atoms with van der Waals surface area (Å²) in [5, 5.41) is 9.16. The number of hydrogen-bond donors (Lipinski definition) is 1. The molecule has 0 saturated carbocycles. The molecule has 1 aromatic rings. The molecule has 1 atom stereocenters. The zero-order valence-electron chi connectivity index (χ0n) is 9.05. The third-order valence-corrected chi connectivity index (χ3v) is 3.13. The molecule has 4 nitrogen and oxygen atoms in total. The van der Waals surface area contributed by atoms with E-state index < -0.39 is 0 Å². The maximum absolute atomic E-state index is 9.16. The van der Waals surface area contributed by atoms with Crippen LogP contribution >= 0.6 is 0 Å². The molecule has 1 saturated heterocycles. The fraction of sp³-hybridized carbons (Fsp3) is 0.727. The van der Waals surface area contributed by atoms with Gasteiger partial charge in [-0.25, -0.2) is 4.98 Å². The Morgan fingerprint density at radius 1 is 1.40 bits per heavy atom. The van der Waals surface area contributed by atoms with Gasteiger partial charge in [0, 0.05) is 31.5 Å². The van der Waals surface area contributed by atoms with Gasteiger partial charge in [-0.2, -0.15) is 0 Å². The van der Waals surface area contributed by atoms with Gasteiger partial charge in [-0.1, -0.05) is 0 Å². The van der Waals surface area contributed by atoms with E-state index in [-0.39, 0.29) is 0 Å².